The van der Waals surface area contributed by atoms with Crippen LogP contribution in [0.5, 0.6) is 0 Å². The van der Waals surface area contributed by atoms with E-state index in [-0.39, 0.29) is 5.54 Å². The summed E-state index contributed by atoms with van der Waals surface area (Å²) >= 11 is 0. The topological polar surface area (TPSA) is 17.0 Å². The molecule has 0 saturated heterocycles. The summed E-state index contributed by atoms with van der Waals surface area (Å²) in [6.45, 7) is 0. The minimum Gasteiger partial charge on any atom is -0.376 e. The molecule has 1 fully saturated rings. The van der Waals surface area contributed by atoms with Crippen molar-refractivity contribution in [2.24, 2.45) is 7.05 Å². The van der Waals surface area contributed by atoms with Crippen molar-refractivity contribution in [2.45, 2.75) is 31.2 Å². The molecule has 0 spiro atoms. The number of aryl methyl sites for hydroxylation is 1. The zero-order valence-electron chi connectivity index (χ0n) is 13.0. The van der Waals surface area contributed by atoms with Gasteiger partial charge in [0.1, 0.15) is 0 Å². The lowest BCUT2D eigenvalue weighted by Gasteiger charge is -2.32. The van der Waals surface area contributed by atoms with Crippen LogP contribution in [0.4, 0.5) is 5.69 Å². The monoisotopic (exact) mass is 290 g/mol. The molecule has 3 aromatic rings. The number of hydrogen-bond donors (Lipinski definition) is 1. The van der Waals surface area contributed by atoms with Gasteiger partial charge in [0.15, 0.2) is 0 Å². The molecule has 1 heterocycles. The Hall–Kier alpha value is -2.22. The van der Waals surface area contributed by atoms with E-state index in [1.807, 2.05) is 0 Å². The van der Waals surface area contributed by atoms with Gasteiger partial charge in [-0.2, -0.15) is 0 Å². The number of hydrogen-bond acceptors (Lipinski definition) is 1. The SMILES string of the molecule is Cn1ccc2cc(NC3(c4ccccc4)CCCC3)ccc21. The van der Waals surface area contributed by atoms with Crippen LogP contribution in [0.2, 0.25) is 0 Å². The number of benzene rings is 2. The molecule has 112 valence electrons. The Morgan fingerprint density at radius 3 is 2.50 bits per heavy atom. The lowest BCUT2D eigenvalue weighted by Crippen LogP contribution is -2.32. The van der Waals surface area contributed by atoms with E-state index in [9.17, 15) is 0 Å². The highest BCUT2D eigenvalue weighted by Crippen LogP contribution is 2.41. The molecule has 2 aromatic carbocycles. The van der Waals surface area contributed by atoms with Gasteiger partial charge >= 0.3 is 0 Å². The summed E-state index contributed by atoms with van der Waals surface area (Å²) < 4.78 is 2.17. The van der Waals surface area contributed by atoms with Crippen LogP contribution in [0.25, 0.3) is 10.9 Å². The van der Waals surface area contributed by atoms with Gasteiger partial charge in [-0.3, -0.25) is 0 Å². The summed E-state index contributed by atoms with van der Waals surface area (Å²) in [5.74, 6) is 0. The van der Waals surface area contributed by atoms with E-state index >= 15 is 0 Å². The first-order valence-corrected chi connectivity index (χ1v) is 8.16. The molecule has 0 aliphatic heterocycles. The maximum absolute atomic E-state index is 3.86. The highest BCUT2D eigenvalue weighted by atomic mass is 15.0. The predicted molar refractivity (Wildman–Crippen MR) is 93.1 cm³/mol. The highest BCUT2D eigenvalue weighted by Gasteiger charge is 2.35. The van der Waals surface area contributed by atoms with Gasteiger partial charge in [0.05, 0.1) is 5.54 Å². The van der Waals surface area contributed by atoms with E-state index in [0.29, 0.717) is 0 Å². The number of aromatic nitrogens is 1. The molecule has 4 rings (SSSR count). The fourth-order valence-corrected chi connectivity index (χ4v) is 3.86. The third-order valence-corrected chi connectivity index (χ3v) is 5.05. The third-order valence-electron chi connectivity index (χ3n) is 5.05. The van der Waals surface area contributed by atoms with E-state index in [0.717, 1.165) is 0 Å². The lowest BCUT2D eigenvalue weighted by molar-refractivity contribution is 0.509. The zero-order chi connectivity index (χ0) is 15.0. The largest absolute Gasteiger partial charge is 0.376 e. The van der Waals surface area contributed by atoms with Crippen LogP contribution >= 0.6 is 0 Å². The number of anilines is 1. The predicted octanol–water partition coefficient (Wildman–Crippen LogP) is 5.06. The summed E-state index contributed by atoms with van der Waals surface area (Å²) in [6, 6.07) is 19.8. The molecular formula is C20H22N2. The summed E-state index contributed by atoms with van der Waals surface area (Å²) in [6.07, 6.45) is 7.15. The second kappa shape index (κ2) is 5.20. The van der Waals surface area contributed by atoms with Gasteiger partial charge in [-0.05, 0) is 42.7 Å². The number of rotatable bonds is 3. The van der Waals surface area contributed by atoms with Crippen molar-refractivity contribution in [3.05, 3.63) is 66.4 Å². The summed E-state index contributed by atoms with van der Waals surface area (Å²) in [5, 5.41) is 5.16. The van der Waals surface area contributed by atoms with Crippen molar-refractivity contribution >= 4 is 16.6 Å². The Labute approximate surface area is 131 Å². The molecule has 1 saturated carbocycles. The molecular weight excluding hydrogens is 268 g/mol. The highest BCUT2D eigenvalue weighted by molar-refractivity contribution is 5.83. The van der Waals surface area contributed by atoms with Gasteiger partial charge in [0.25, 0.3) is 0 Å². The Balaban J connectivity index is 1.72. The van der Waals surface area contributed by atoms with Crippen molar-refractivity contribution in [1.29, 1.82) is 0 Å². The molecule has 0 radical (unpaired) electrons. The zero-order valence-corrected chi connectivity index (χ0v) is 13.0. The Bertz CT molecular complexity index is 780. The van der Waals surface area contributed by atoms with Gasteiger partial charge < -0.3 is 9.88 Å². The van der Waals surface area contributed by atoms with Crippen LogP contribution in [0.1, 0.15) is 31.2 Å². The molecule has 2 nitrogen and oxygen atoms in total. The first kappa shape index (κ1) is 13.4. The molecule has 1 aliphatic rings. The second-order valence-corrected chi connectivity index (χ2v) is 6.48. The summed E-state index contributed by atoms with van der Waals surface area (Å²) in [7, 11) is 2.10. The van der Waals surface area contributed by atoms with Gasteiger partial charge in [0.2, 0.25) is 0 Å². The van der Waals surface area contributed by atoms with Crippen molar-refractivity contribution in [3.63, 3.8) is 0 Å². The third kappa shape index (κ3) is 2.19. The van der Waals surface area contributed by atoms with E-state index in [4.69, 9.17) is 0 Å². The van der Waals surface area contributed by atoms with Gasteiger partial charge in [-0.1, -0.05) is 43.2 Å². The second-order valence-electron chi connectivity index (χ2n) is 6.48. The lowest BCUT2D eigenvalue weighted by atomic mass is 9.88. The number of nitrogens with zero attached hydrogens (tertiary/aromatic N) is 1. The molecule has 0 atom stereocenters. The maximum Gasteiger partial charge on any atom is 0.0625 e. The quantitative estimate of drug-likeness (QED) is 0.713. The maximum atomic E-state index is 3.86. The average molecular weight is 290 g/mol. The minimum atomic E-state index is 0.101. The molecule has 1 N–H and O–H groups in total. The smallest absolute Gasteiger partial charge is 0.0625 e. The van der Waals surface area contributed by atoms with Crippen LogP contribution in [0.15, 0.2) is 60.8 Å². The molecule has 0 amide bonds. The van der Waals surface area contributed by atoms with E-state index < -0.39 is 0 Å². The van der Waals surface area contributed by atoms with Gasteiger partial charge in [-0.25, -0.2) is 0 Å². The molecule has 1 aliphatic carbocycles. The van der Waals surface area contributed by atoms with Crippen molar-refractivity contribution < 1.29 is 0 Å². The number of fused-ring (bicyclic) bond motifs is 1. The standard InChI is InChI=1S/C20H22N2/c1-22-14-11-16-15-18(9-10-19(16)22)21-20(12-5-6-13-20)17-7-3-2-4-8-17/h2-4,7-11,14-15,21H,5-6,12-13H2,1H3. The van der Waals surface area contributed by atoms with Crippen LogP contribution < -0.4 is 5.32 Å². The first-order chi connectivity index (χ1) is 10.8. The molecule has 2 heteroatoms. The molecule has 1 aromatic heterocycles. The van der Waals surface area contributed by atoms with Crippen molar-refractivity contribution in [3.8, 4) is 0 Å². The molecule has 0 bridgehead atoms. The van der Waals surface area contributed by atoms with Crippen molar-refractivity contribution in [1.82, 2.24) is 4.57 Å². The fourth-order valence-electron chi connectivity index (χ4n) is 3.86. The minimum absolute atomic E-state index is 0.101. The van der Waals surface area contributed by atoms with E-state index in [1.54, 1.807) is 0 Å². The van der Waals surface area contributed by atoms with Gasteiger partial charge in [-0.15, -0.1) is 0 Å². The van der Waals surface area contributed by atoms with Gasteiger partial charge in [0, 0.05) is 29.8 Å². The van der Waals surface area contributed by atoms with Crippen LogP contribution in [0, 0.1) is 0 Å². The van der Waals surface area contributed by atoms with Crippen LogP contribution in [0.3, 0.4) is 0 Å². The van der Waals surface area contributed by atoms with Crippen LogP contribution in [-0.4, -0.2) is 4.57 Å². The van der Waals surface area contributed by atoms with E-state index in [2.05, 4.69) is 77.7 Å². The van der Waals surface area contributed by atoms with Crippen molar-refractivity contribution in [2.75, 3.05) is 5.32 Å². The van der Waals surface area contributed by atoms with E-state index in [1.165, 1.54) is 47.8 Å². The Morgan fingerprint density at radius 1 is 0.955 bits per heavy atom. The number of nitrogens with one attached hydrogen (secondary N) is 1. The Morgan fingerprint density at radius 2 is 1.73 bits per heavy atom. The first-order valence-electron chi connectivity index (χ1n) is 8.16. The Kier molecular flexibility index (Phi) is 3.18. The molecule has 22 heavy (non-hydrogen) atoms. The summed E-state index contributed by atoms with van der Waals surface area (Å²) in [5.41, 5.74) is 4.03. The fraction of sp³-hybridized carbons (Fsp3) is 0.300. The average Bonchev–Trinajstić information content (AvgIpc) is 3.17. The molecule has 0 unspecified atom stereocenters. The normalized spacial score (nSPS) is 17.0. The summed E-state index contributed by atoms with van der Waals surface area (Å²) in [4.78, 5) is 0. The van der Waals surface area contributed by atoms with Crippen LogP contribution in [-0.2, 0) is 12.6 Å².